The number of hydrogen-bond donors (Lipinski definition) is 2. The van der Waals surface area contributed by atoms with Gasteiger partial charge >= 0.3 is 0 Å². The number of hydrogen-bond acceptors (Lipinski definition) is 4. The van der Waals surface area contributed by atoms with Crippen LogP contribution in [0.1, 0.15) is 11.6 Å². The second-order valence-electron chi connectivity index (χ2n) is 5.70. The van der Waals surface area contributed by atoms with Crippen molar-refractivity contribution in [2.45, 2.75) is 6.04 Å². The lowest BCUT2D eigenvalue weighted by Gasteiger charge is -2.15. The summed E-state index contributed by atoms with van der Waals surface area (Å²) in [4.78, 5) is 12.7. The van der Waals surface area contributed by atoms with Crippen molar-refractivity contribution in [3.63, 3.8) is 0 Å². The smallest absolute Gasteiger partial charge is 0.279 e. The fraction of sp³-hybridized carbons (Fsp3) is 0.188. The summed E-state index contributed by atoms with van der Waals surface area (Å²) in [6, 6.07) is 11.7. The molecule has 3 aromatic rings. The second kappa shape index (κ2) is 6.19. The van der Waals surface area contributed by atoms with Gasteiger partial charge in [0.25, 0.3) is 5.56 Å². The number of benzene rings is 2. The number of aromatic amines is 1. The van der Waals surface area contributed by atoms with E-state index >= 15 is 0 Å². The van der Waals surface area contributed by atoms with Gasteiger partial charge in [0.05, 0.1) is 22.3 Å². The molecule has 0 amide bonds. The lowest BCUT2D eigenvalue weighted by Crippen LogP contribution is -2.24. The fourth-order valence-corrected chi connectivity index (χ4v) is 3.87. The van der Waals surface area contributed by atoms with Crippen LogP contribution >= 0.6 is 15.9 Å². The number of rotatable bonds is 4. The Morgan fingerprint density at radius 3 is 2.67 bits per heavy atom. The van der Waals surface area contributed by atoms with Crippen LogP contribution in [0.4, 0.5) is 0 Å². The first-order valence-corrected chi connectivity index (χ1v) is 10.0. The van der Waals surface area contributed by atoms with Crippen molar-refractivity contribution in [3.05, 3.63) is 62.9 Å². The van der Waals surface area contributed by atoms with E-state index in [9.17, 15) is 13.2 Å². The molecule has 0 saturated carbocycles. The van der Waals surface area contributed by atoms with E-state index in [1.807, 2.05) is 6.07 Å². The molecule has 2 aromatic carbocycles. The molecule has 0 bridgehead atoms. The molecule has 0 aliphatic heterocycles. The molecule has 0 saturated heterocycles. The number of nitrogens with two attached hydrogens (primary N) is 1. The summed E-state index contributed by atoms with van der Waals surface area (Å²) in [6.45, 7) is 0. The molecule has 8 heteroatoms. The molecule has 0 spiro atoms. The molecule has 0 aliphatic rings. The molecule has 1 unspecified atom stereocenters. The van der Waals surface area contributed by atoms with Crippen LogP contribution in [0.2, 0.25) is 0 Å². The van der Waals surface area contributed by atoms with Crippen LogP contribution in [-0.2, 0) is 9.84 Å². The SMILES string of the molecule is CS(=O)(=O)CC(N)c1ccccc1-n1[nH]c2ccc(Br)cc2c1=O. The Labute approximate surface area is 147 Å². The van der Waals surface area contributed by atoms with E-state index < -0.39 is 15.9 Å². The molecule has 6 nitrogen and oxygen atoms in total. The summed E-state index contributed by atoms with van der Waals surface area (Å²) in [5.74, 6) is -0.190. The molecule has 1 aromatic heterocycles. The van der Waals surface area contributed by atoms with Gasteiger partial charge in [-0.05, 0) is 29.8 Å². The first kappa shape index (κ1) is 16.9. The monoisotopic (exact) mass is 409 g/mol. The molecule has 3 rings (SSSR count). The van der Waals surface area contributed by atoms with Gasteiger partial charge in [0, 0.05) is 16.8 Å². The third kappa shape index (κ3) is 3.31. The summed E-state index contributed by atoms with van der Waals surface area (Å²) in [7, 11) is -3.24. The second-order valence-corrected chi connectivity index (χ2v) is 8.80. The van der Waals surface area contributed by atoms with E-state index in [2.05, 4.69) is 21.0 Å². The Morgan fingerprint density at radius 1 is 1.25 bits per heavy atom. The normalized spacial score (nSPS) is 13.3. The highest BCUT2D eigenvalue weighted by Gasteiger charge is 2.19. The topological polar surface area (TPSA) is 97.9 Å². The number of sulfone groups is 1. The highest BCUT2D eigenvalue weighted by molar-refractivity contribution is 9.10. The molecule has 0 fully saturated rings. The zero-order valence-electron chi connectivity index (χ0n) is 12.9. The van der Waals surface area contributed by atoms with Crippen LogP contribution in [0.15, 0.2) is 51.7 Å². The third-order valence-corrected chi connectivity index (χ3v) is 5.16. The van der Waals surface area contributed by atoms with Crippen molar-refractivity contribution in [2.24, 2.45) is 5.73 Å². The van der Waals surface area contributed by atoms with Crippen molar-refractivity contribution in [1.82, 2.24) is 9.78 Å². The summed E-state index contributed by atoms with van der Waals surface area (Å²) in [5, 5.41) is 3.58. The first-order chi connectivity index (χ1) is 11.3. The van der Waals surface area contributed by atoms with Crippen LogP contribution < -0.4 is 11.3 Å². The molecular weight excluding hydrogens is 394 g/mol. The lowest BCUT2D eigenvalue weighted by molar-refractivity contribution is 0.594. The van der Waals surface area contributed by atoms with Crippen LogP contribution in [0.25, 0.3) is 16.6 Å². The summed E-state index contributed by atoms with van der Waals surface area (Å²) >= 11 is 3.35. The van der Waals surface area contributed by atoms with Crippen LogP contribution in [0.5, 0.6) is 0 Å². The van der Waals surface area contributed by atoms with Gasteiger partial charge in [0.15, 0.2) is 0 Å². The molecule has 1 heterocycles. The molecule has 3 N–H and O–H groups in total. The van der Waals surface area contributed by atoms with Gasteiger partial charge in [-0.15, -0.1) is 0 Å². The molecule has 24 heavy (non-hydrogen) atoms. The van der Waals surface area contributed by atoms with Crippen molar-refractivity contribution < 1.29 is 8.42 Å². The van der Waals surface area contributed by atoms with Crippen LogP contribution in [0.3, 0.4) is 0 Å². The van der Waals surface area contributed by atoms with Crippen molar-refractivity contribution in [1.29, 1.82) is 0 Å². The average Bonchev–Trinajstić information content (AvgIpc) is 2.82. The number of nitrogens with zero attached hydrogens (tertiary/aromatic N) is 1. The van der Waals surface area contributed by atoms with Crippen LogP contribution in [-0.4, -0.2) is 30.2 Å². The highest BCUT2D eigenvalue weighted by atomic mass is 79.9. The van der Waals surface area contributed by atoms with Gasteiger partial charge in [-0.1, -0.05) is 34.1 Å². The van der Waals surface area contributed by atoms with Gasteiger partial charge in [-0.25, -0.2) is 13.1 Å². The van der Waals surface area contributed by atoms with Crippen molar-refractivity contribution >= 4 is 36.7 Å². The maximum absolute atomic E-state index is 12.7. The van der Waals surface area contributed by atoms with Gasteiger partial charge in [-0.2, -0.15) is 0 Å². The molecule has 1 atom stereocenters. The van der Waals surface area contributed by atoms with E-state index in [0.717, 1.165) is 10.7 Å². The molecule has 126 valence electrons. The van der Waals surface area contributed by atoms with Gasteiger partial charge in [0.1, 0.15) is 9.84 Å². The van der Waals surface area contributed by atoms with Gasteiger partial charge in [0.2, 0.25) is 0 Å². The number of H-pyrrole nitrogens is 1. The van der Waals surface area contributed by atoms with E-state index in [0.29, 0.717) is 22.2 Å². The summed E-state index contributed by atoms with van der Waals surface area (Å²) < 4.78 is 25.3. The number of halogens is 1. The number of nitrogens with one attached hydrogen (secondary N) is 1. The number of fused-ring (bicyclic) bond motifs is 1. The zero-order valence-corrected chi connectivity index (χ0v) is 15.3. The highest BCUT2D eigenvalue weighted by Crippen LogP contribution is 2.22. The van der Waals surface area contributed by atoms with E-state index in [-0.39, 0.29) is 11.3 Å². The Bertz CT molecular complexity index is 1070. The number of aromatic nitrogens is 2. The largest absolute Gasteiger partial charge is 0.323 e. The van der Waals surface area contributed by atoms with Gasteiger partial charge in [-0.3, -0.25) is 9.89 Å². The molecular formula is C16H16BrN3O3S. The lowest BCUT2D eigenvalue weighted by atomic mass is 10.1. The zero-order chi connectivity index (χ0) is 17.5. The maximum atomic E-state index is 12.7. The number of para-hydroxylation sites is 1. The van der Waals surface area contributed by atoms with Crippen molar-refractivity contribution in [3.8, 4) is 5.69 Å². The van der Waals surface area contributed by atoms with E-state index in [1.165, 1.54) is 4.68 Å². The quantitative estimate of drug-likeness (QED) is 0.689. The Hall–Kier alpha value is -1.90. The standard InChI is InChI=1S/C16H16BrN3O3S/c1-24(22,23)9-13(18)11-4-2-3-5-15(11)20-16(21)12-8-10(17)6-7-14(12)19-20/h2-8,13,19H,9,18H2,1H3. The minimum absolute atomic E-state index is 0.190. The minimum Gasteiger partial charge on any atom is -0.323 e. The Balaban J connectivity index is 2.17. The average molecular weight is 410 g/mol. The fourth-order valence-electron chi connectivity index (χ4n) is 2.67. The minimum atomic E-state index is -3.24. The molecule has 0 radical (unpaired) electrons. The third-order valence-electron chi connectivity index (χ3n) is 3.71. The Morgan fingerprint density at radius 2 is 1.96 bits per heavy atom. The predicted molar refractivity (Wildman–Crippen MR) is 98.2 cm³/mol. The van der Waals surface area contributed by atoms with Gasteiger partial charge < -0.3 is 5.73 Å². The van der Waals surface area contributed by atoms with Crippen molar-refractivity contribution in [2.75, 3.05) is 12.0 Å². The predicted octanol–water partition coefficient (Wildman–Crippen LogP) is 2.13. The summed E-state index contributed by atoms with van der Waals surface area (Å²) in [5.41, 5.74) is 7.68. The maximum Gasteiger partial charge on any atom is 0.279 e. The molecule has 0 aliphatic carbocycles. The van der Waals surface area contributed by atoms with E-state index in [4.69, 9.17) is 5.73 Å². The summed E-state index contributed by atoms with van der Waals surface area (Å²) in [6.07, 6.45) is 1.14. The van der Waals surface area contributed by atoms with E-state index in [1.54, 1.807) is 36.4 Å². The Kier molecular flexibility index (Phi) is 4.37. The first-order valence-electron chi connectivity index (χ1n) is 7.19. The van der Waals surface area contributed by atoms with Crippen LogP contribution in [0, 0.1) is 0 Å².